The lowest BCUT2D eigenvalue weighted by Gasteiger charge is -2.42. The maximum Gasteiger partial charge on any atom is 0.149 e. The third-order valence-electron chi connectivity index (χ3n) is 4.21. The van der Waals surface area contributed by atoms with E-state index in [-0.39, 0.29) is 0 Å². The van der Waals surface area contributed by atoms with Crippen LogP contribution in [0.4, 0.5) is 11.6 Å². The Kier molecular flexibility index (Phi) is 3.55. The number of piperazine rings is 1. The summed E-state index contributed by atoms with van der Waals surface area (Å²) in [5.74, 6) is 1.89. The molecule has 0 saturated carbocycles. The Balaban J connectivity index is 1.78. The first-order chi connectivity index (χ1) is 9.28. The molecule has 1 N–H and O–H groups in total. The van der Waals surface area contributed by atoms with E-state index >= 15 is 0 Å². The molecule has 0 amide bonds. The Bertz CT molecular complexity index is 436. The lowest BCUT2D eigenvalue weighted by molar-refractivity contribution is 0.202. The van der Waals surface area contributed by atoms with Gasteiger partial charge in [-0.05, 0) is 33.2 Å². The van der Waals surface area contributed by atoms with Gasteiger partial charge in [0.2, 0.25) is 0 Å². The van der Waals surface area contributed by atoms with E-state index in [4.69, 9.17) is 0 Å². The summed E-state index contributed by atoms with van der Waals surface area (Å²) in [7, 11) is 0. The molecule has 3 heterocycles. The van der Waals surface area contributed by atoms with Crippen LogP contribution in [0.25, 0.3) is 0 Å². The summed E-state index contributed by atoms with van der Waals surface area (Å²) in [5, 5.41) is 3.24. The van der Waals surface area contributed by atoms with Gasteiger partial charge in [0.1, 0.15) is 11.6 Å². The largest absolute Gasteiger partial charge is 0.369 e. The van der Waals surface area contributed by atoms with Crippen molar-refractivity contribution in [1.82, 2.24) is 14.9 Å². The third kappa shape index (κ3) is 2.52. The monoisotopic (exact) mass is 261 g/mol. The molecule has 2 atom stereocenters. The summed E-state index contributed by atoms with van der Waals surface area (Å²) in [4.78, 5) is 14.0. The molecule has 104 valence electrons. The zero-order valence-corrected chi connectivity index (χ0v) is 11.8. The normalized spacial score (nSPS) is 27.4. The summed E-state index contributed by atoms with van der Waals surface area (Å²) < 4.78 is 0. The van der Waals surface area contributed by atoms with Gasteiger partial charge in [-0.1, -0.05) is 0 Å². The zero-order valence-electron chi connectivity index (χ0n) is 11.8. The first-order valence-corrected chi connectivity index (χ1v) is 7.34. The van der Waals surface area contributed by atoms with Gasteiger partial charge in [-0.25, -0.2) is 4.98 Å². The van der Waals surface area contributed by atoms with Crippen LogP contribution < -0.4 is 10.2 Å². The average Bonchev–Trinajstić information content (AvgIpc) is 2.85. The van der Waals surface area contributed by atoms with Crippen molar-refractivity contribution in [3.8, 4) is 0 Å². The standard InChI is InChI=1S/C14H23N5/c1-3-16-13-7-15-8-14(17-13)19-10-12-5-4-6-18(12)9-11(19)2/h7-8,11-12H,3-6,9-10H2,1-2H3,(H,16,17). The van der Waals surface area contributed by atoms with Crippen LogP contribution in [-0.2, 0) is 0 Å². The number of nitrogens with one attached hydrogen (secondary N) is 1. The molecule has 0 aliphatic carbocycles. The third-order valence-corrected chi connectivity index (χ3v) is 4.21. The molecule has 2 aliphatic heterocycles. The van der Waals surface area contributed by atoms with E-state index in [1.54, 1.807) is 6.20 Å². The predicted octanol–water partition coefficient (Wildman–Crippen LogP) is 1.58. The van der Waals surface area contributed by atoms with Crippen molar-refractivity contribution in [3.63, 3.8) is 0 Å². The van der Waals surface area contributed by atoms with Crippen molar-refractivity contribution in [2.75, 3.05) is 36.4 Å². The van der Waals surface area contributed by atoms with Crippen molar-refractivity contribution < 1.29 is 0 Å². The first-order valence-electron chi connectivity index (χ1n) is 7.34. The van der Waals surface area contributed by atoms with Crippen molar-refractivity contribution in [2.45, 2.75) is 38.8 Å². The van der Waals surface area contributed by atoms with Crippen LogP contribution in [0.3, 0.4) is 0 Å². The number of fused-ring (bicyclic) bond motifs is 1. The minimum atomic E-state index is 0.514. The van der Waals surface area contributed by atoms with Crippen LogP contribution in [0.2, 0.25) is 0 Å². The highest BCUT2D eigenvalue weighted by Gasteiger charge is 2.34. The molecule has 0 aromatic carbocycles. The average molecular weight is 261 g/mol. The highest BCUT2D eigenvalue weighted by atomic mass is 15.3. The summed E-state index contributed by atoms with van der Waals surface area (Å²) in [6, 6.07) is 1.22. The molecule has 0 radical (unpaired) electrons. The van der Waals surface area contributed by atoms with E-state index in [2.05, 4.69) is 38.9 Å². The van der Waals surface area contributed by atoms with Crippen molar-refractivity contribution >= 4 is 11.6 Å². The highest BCUT2D eigenvalue weighted by Crippen LogP contribution is 2.27. The van der Waals surface area contributed by atoms with Gasteiger partial charge in [-0.3, -0.25) is 9.88 Å². The molecule has 19 heavy (non-hydrogen) atoms. The van der Waals surface area contributed by atoms with E-state index in [0.717, 1.165) is 31.3 Å². The Morgan fingerprint density at radius 3 is 3.11 bits per heavy atom. The first kappa shape index (κ1) is 12.7. The molecule has 5 nitrogen and oxygen atoms in total. The van der Waals surface area contributed by atoms with Gasteiger partial charge in [0.05, 0.1) is 12.4 Å². The molecule has 0 bridgehead atoms. The van der Waals surface area contributed by atoms with Crippen molar-refractivity contribution in [1.29, 1.82) is 0 Å². The van der Waals surface area contributed by atoms with Gasteiger partial charge >= 0.3 is 0 Å². The van der Waals surface area contributed by atoms with Crippen LogP contribution in [-0.4, -0.2) is 53.1 Å². The Labute approximate surface area is 115 Å². The summed E-state index contributed by atoms with van der Waals surface area (Å²) >= 11 is 0. The van der Waals surface area contributed by atoms with Crippen molar-refractivity contribution in [3.05, 3.63) is 12.4 Å². The number of rotatable bonds is 3. The van der Waals surface area contributed by atoms with E-state index in [1.807, 2.05) is 6.20 Å². The lowest BCUT2D eigenvalue weighted by atomic mass is 10.1. The number of aromatic nitrogens is 2. The molecular weight excluding hydrogens is 238 g/mol. The van der Waals surface area contributed by atoms with Gasteiger partial charge in [0.25, 0.3) is 0 Å². The molecular formula is C14H23N5. The molecule has 2 aliphatic rings. The fraction of sp³-hybridized carbons (Fsp3) is 0.714. The smallest absolute Gasteiger partial charge is 0.149 e. The molecule has 2 fully saturated rings. The highest BCUT2D eigenvalue weighted by molar-refractivity contribution is 5.45. The zero-order chi connectivity index (χ0) is 13.2. The Hall–Kier alpha value is -1.36. The summed E-state index contributed by atoms with van der Waals surface area (Å²) in [5.41, 5.74) is 0. The molecule has 2 saturated heterocycles. The molecule has 1 aromatic heterocycles. The van der Waals surface area contributed by atoms with Gasteiger partial charge in [-0.2, -0.15) is 0 Å². The molecule has 0 spiro atoms. The predicted molar refractivity (Wildman–Crippen MR) is 77.6 cm³/mol. The number of anilines is 2. The maximum atomic E-state index is 4.68. The van der Waals surface area contributed by atoms with Gasteiger partial charge < -0.3 is 10.2 Å². The second kappa shape index (κ2) is 5.33. The Morgan fingerprint density at radius 2 is 2.26 bits per heavy atom. The van der Waals surface area contributed by atoms with Crippen LogP contribution >= 0.6 is 0 Å². The lowest BCUT2D eigenvalue weighted by Crippen LogP contribution is -2.55. The van der Waals surface area contributed by atoms with Crippen LogP contribution in [0, 0.1) is 0 Å². The van der Waals surface area contributed by atoms with Crippen LogP contribution in [0.15, 0.2) is 12.4 Å². The van der Waals surface area contributed by atoms with E-state index in [0.29, 0.717) is 12.1 Å². The molecule has 3 rings (SSSR count). The summed E-state index contributed by atoms with van der Waals surface area (Å²) in [6.45, 7) is 8.75. The fourth-order valence-electron chi connectivity index (χ4n) is 3.27. The van der Waals surface area contributed by atoms with Gasteiger partial charge in [-0.15, -0.1) is 0 Å². The topological polar surface area (TPSA) is 44.3 Å². The second-order valence-electron chi connectivity index (χ2n) is 5.59. The minimum Gasteiger partial charge on any atom is -0.369 e. The molecule has 1 aromatic rings. The quantitative estimate of drug-likeness (QED) is 0.895. The van der Waals surface area contributed by atoms with E-state index in [9.17, 15) is 0 Å². The number of nitrogens with zero attached hydrogens (tertiary/aromatic N) is 4. The summed E-state index contributed by atoms with van der Waals surface area (Å²) in [6.07, 6.45) is 6.35. The molecule has 5 heteroatoms. The van der Waals surface area contributed by atoms with E-state index < -0.39 is 0 Å². The Morgan fingerprint density at radius 1 is 1.37 bits per heavy atom. The van der Waals surface area contributed by atoms with Crippen molar-refractivity contribution in [2.24, 2.45) is 0 Å². The molecule has 2 unspecified atom stereocenters. The van der Waals surface area contributed by atoms with Crippen LogP contribution in [0.1, 0.15) is 26.7 Å². The van der Waals surface area contributed by atoms with E-state index in [1.165, 1.54) is 19.4 Å². The van der Waals surface area contributed by atoms with Crippen LogP contribution in [0.5, 0.6) is 0 Å². The number of hydrogen-bond donors (Lipinski definition) is 1. The second-order valence-corrected chi connectivity index (χ2v) is 5.59. The van der Waals surface area contributed by atoms with Gasteiger partial charge in [0.15, 0.2) is 0 Å². The SMILES string of the molecule is CCNc1cncc(N2CC3CCCN3CC2C)n1. The minimum absolute atomic E-state index is 0.514. The fourth-order valence-corrected chi connectivity index (χ4v) is 3.27. The maximum absolute atomic E-state index is 4.68. The number of hydrogen-bond acceptors (Lipinski definition) is 5. The van der Waals surface area contributed by atoms with Gasteiger partial charge in [0, 0.05) is 31.7 Å².